The first-order valence-electron chi connectivity index (χ1n) is 10.6. The quantitative estimate of drug-likeness (QED) is 0.204. The van der Waals surface area contributed by atoms with Gasteiger partial charge in [-0.1, -0.05) is 19.1 Å². The second-order valence-electron chi connectivity index (χ2n) is 7.43. The third-order valence-corrected chi connectivity index (χ3v) is 5.10. The lowest BCUT2D eigenvalue weighted by Crippen LogP contribution is -2.40. The van der Waals surface area contributed by atoms with Crippen LogP contribution in [0.25, 0.3) is 0 Å². The highest BCUT2D eigenvalue weighted by Crippen LogP contribution is 2.21. The van der Waals surface area contributed by atoms with Gasteiger partial charge in [-0.25, -0.2) is 4.99 Å². The maximum atomic E-state index is 5.98. The standard InChI is InChI=1S/C22H38N4O2.HI/c1-5-23-22(24-15-19-10-11-26(6-2)17-19)25-16-20-9-8-18(3)14-21(20)28-13-7-12-27-4;/h8-9,14,19H,5-7,10-13,15-17H2,1-4H3,(H2,23,24,25);1H. The highest BCUT2D eigenvalue weighted by atomic mass is 127. The Kier molecular flexibility index (Phi) is 13.3. The van der Waals surface area contributed by atoms with Crippen molar-refractivity contribution in [3.05, 3.63) is 29.3 Å². The lowest BCUT2D eigenvalue weighted by atomic mass is 10.1. The van der Waals surface area contributed by atoms with Crippen LogP contribution in [0, 0.1) is 12.8 Å². The van der Waals surface area contributed by atoms with Crippen molar-refractivity contribution in [1.82, 2.24) is 15.5 Å². The fraction of sp³-hybridized carbons (Fsp3) is 0.682. The zero-order chi connectivity index (χ0) is 20.2. The number of aryl methyl sites for hydroxylation is 1. The summed E-state index contributed by atoms with van der Waals surface area (Å²) in [6.45, 7) is 13.7. The van der Waals surface area contributed by atoms with Gasteiger partial charge in [0.1, 0.15) is 5.75 Å². The predicted octanol–water partition coefficient (Wildman–Crippen LogP) is 3.43. The lowest BCUT2D eigenvalue weighted by molar-refractivity contribution is 0.172. The molecule has 29 heavy (non-hydrogen) atoms. The number of nitrogens with zero attached hydrogens (tertiary/aromatic N) is 2. The second kappa shape index (κ2) is 14.8. The molecule has 7 heteroatoms. The van der Waals surface area contributed by atoms with Crippen LogP contribution in [0.15, 0.2) is 23.2 Å². The summed E-state index contributed by atoms with van der Waals surface area (Å²) in [7, 11) is 1.72. The smallest absolute Gasteiger partial charge is 0.191 e. The summed E-state index contributed by atoms with van der Waals surface area (Å²) in [5, 5.41) is 6.88. The van der Waals surface area contributed by atoms with Crippen molar-refractivity contribution in [3.8, 4) is 5.75 Å². The first-order valence-corrected chi connectivity index (χ1v) is 10.6. The number of nitrogens with one attached hydrogen (secondary N) is 2. The third kappa shape index (κ3) is 9.53. The molecule has 0 aliphatic carbocycles. The van der Waals surface area contributed by atoms with Gasteiger partial charge in [0.2, 0.25) is 0 Å². The monoisotopic (exact) mass is 518 g/mol. The van der Waals surface area contributed by atoms with E-state index in [-0.39, 0.29) is 24.0 Å². The number of likely N-dealkylation sites (tertiary alicyclic amines) is 1. The van der Waals surface area contributed by atoms with E-state index < -0.39 is 0 Å². The van der Waals surface area contributed by atoms with Gasteiger partial charge in [0, 0.05) is 45.3 Å². The molecular formula is C22H39IN4O2. The van der Waals surface area contributed by atoms with Crippen LogP contribution in [0.1, 0.15) is 37.8 Å². The first-order chi connectivity index (χ1) is 13.7. The van der Waals surface area contributed by atoms with Crippen LogP contribution in [-0.4, -0.2) is 63.9 Å². The van der Waals surface area contributed by atoms with Crippen LogP contribution < -0.4 is 15.4 Å². The summed E-state index contributed by atoms with van der Waals surface area (Å²) >= 11 is 0. The van der Waals surface area contributed by atoms with Gasteiger partial charge < -0.3 is 25.0 Å². The minimum Gasteiger partial charge on any atom is -0.493 e. The summed E-state index contributed by atoms with van der Waals surface area (Å²) in [6, 6.07) is 6.32. The van der Waals surface area contributed by atoms with Crippen LogP contribution in [0.4, 0.5) is 0 Å². The van der Waals surface area contributed by atoms with E-state index >= 15 is 0 Å². The van der Waals surface area contributed by atoms with Crippen LogP contribution in [0.2, 0.25) is 0 Å². The van der Waals surface area contributed by atoms with Crippen LogP contribution in [-0.2, 0) is 11.3 Å². The molecule has 1 fully saturated rings. The zero-order valence-electron chi connectivity index (χ0n) is 18.5. The van der Waals surface area contributed by atoms with Crippen LogP contribution >= 0.6 is 24.0 Å². The normalized spacial score (nSPS) is 17.1. The number of methoxy groups -OCH3 is 1. The molecule has 1 aliphatic heterocycles. The summed E-state index contributed by atoms with van der Waals surface area (Å²) in [5.74, 6) is 2.50. The van der Waals surface area contributed by atoms with Crippen molar-refractivity contribution in [2.24, 2.45) is 10.9 Å². The van der Waals surface area contributed by atoms with E-state index in [2.05, 4.69) is 54.5 Å². The van der Waals surface area contributed by atoms with Gasteiger partial charge in [-0.2, -0.15) is 0 Å². The molecular weight excluding hydrogens is 479 g/mol. The Bertz CT molecular complexity index is 612. The van der Waals surface area contributed by atoms with E-state index in [4.69, 9.17) is 14.5 Å². The van der Waals surface area contributed by atoms with E-state index in [0.29, 0.717) is 25.7 Å². The average Bonchev–Trinajstić information content (AvgIpc) is 3.16. The number of aliphatic imine (C=N–C) groups is 1. The van der Waals surface area contributed by atoms with Crippen molar-refractivity contribution in [2.75, 3.05) is 53.0 Å². The van der Waals surface area contributed by atoms with Crippen LogP contribution in [0.3, 0.4) is 0 Å². The maximum absolute atomic E-state index is 5.98. The minimum atomic E-state index is 0. The van der Waals surface area contributed by atoms with Gasteiger partial charge in [0.05, 0.1) is 13.2 Å². The van der Waals surface area contributed by atoms with E-state index in [9.17, 15) is 0 Å². The van der Waals surface area contributed by atoms with Gasteiger partial charge in [0.15, 0.2) is 5.96 Å². The lowest BCUT2D eigenvalue weighted by Gasteiger charge is -2.17. The molecule has 6 nitrogen and oxygen atoms in total. The summed E-state index contributed by atoms with van der Waals surface area (Å²) < 4.78 is 11.1. The molecule has 1 heterocycles. The molecule has 1 aromatic rings. The number of hydrogen-bond acceptors (Lipinski definition) is 4. The van der Waals surface area contributed by atoms with Gasteiger partial charge >= 0.3 is 0 Å². The van der Waals surface area contributed by atoms with Gasteiger partial charge in [0.25, 0.3) is 0 Å². The van der Waals surface area contributed by atoms with Crippen molar-refractivity contribution in [3.63, 3.8) is 0 Å². The molecule has 0 amide bonds. The molecule has 1 unspecified atom stereocenters. The average molecular weight is 518 g/mol. The molecule has 1 aromatic carbocycles. The minimum absolute atomic E-state index is 0. The zero-order valence-corrected chi connectivity index (χ0v) is 20.8. The maximum Gasteiger partial charge on any atom is 0.191 e. The highest BCUT2D eigenvalue weighted by Gasteiger charge is 2.21. The number of guanidine groups is 1. The van der Waals surface area contributed by atoms with Gasteiger partial charge in [-0.15, -0.1) is 24.0 Å². The molecule has 0 aromatic heterocycles. The number of halogens is 1. The Hall–Kier alpha value is -1.06. The van der Waals surface area contributed by atoms with Crippen molar-refractivity contribution >= 4 is 29.9 Å². The summed E-state index contributed by atoms with van der Waals surface area (Å²) in [6.07, 6.45) is 2.14. The first kappa shape index (κ1) is 26.0. The Morgan fingerprint density at radius 3 is 2.76 bits per heavy atom. The number of benzene rings is 1. The molecule has 1 atom stereocenters. The number of ether oxygens (including phenoxy) is 2. The van der Waals surface area contributed by atoms with E-state index in [1.807, 2.05) is 0 Å². The molecule has 2 rings (SSSR count). The Morgan fingerprint density at radius 1 is 1.24 bits per heavy atom. The molecule has 0 saturated carbocycles. The van der Waals surface area contributed by atoms with E-state index in [1.165, 1.54) is 25.1 Å². The van der Waals surface area contributed by atoms with E-state index in [1.54, 1.807) is 7.11 Å². The Labute approximate surface area is 193 Å². The third-order valence-electron chi connectivity index (χ3n) is 5.10. The molecule has 1 aliphatic rings. The molecule has 0 bridgehead atoms. The van der Waals surface area contributed by atoms with Gasteiger partial charge in [-0.05, 0) is 50.9 Å². The summed E-state index contributed by atoms with van der Waals surface area (Å²) in [5.41, 5.74) is 2.31. The molecule has 2 N–H and O–H groups in total. The Balaban J connectivity index is 0.00000420. The molecule has 166 valence electrons. The number of hydrogen-bond donors (Lipinski definition) is 2. The highest BCUT2D eigenvalue weighted by molar-refractivity contribution is 14.0. The topological polar surface area (TPSA) is 58.1 Å². The largest absolute Gasteiger partial charge is 0.493 e. The molecule has 1 saturated heterocycles. The van der Waals surface area contributed by atoms with Gasteiger partial charge in [-0.3, -0.25) is 0 Å². The van der Waals surface area contributed by atoms with Crippen molar-refractivity contribution in [1.29, 1.82) is 0 Å². The van der Waals surface area contributed by atoms with Crippen LogP contribution in [0.5, 0.6) is 5.75 Å². The fourth-order valence-corrected chi connectivity index (χ4v) is 3.43. The Morgan fingerprint density at radius 2 is 2.07 bits per heavy atom. The second-order valence-corrected chi connectivity index (χ2v) is 7.43. The fourth-order valence-electron chi connectivity index (χ4n) is 3.43. The van der Waals surface area contributed by atoms with Crippen molar-refractivity contribution < 1.29 is 9.47 Å². The summed E-state index contributed by atoms with van der Waals surface area (Å²) in [4.78, 5) is 7.30. The SMILES string of the molecule is CCNC(=NCc1ccc(C)cc1OCCCOC)NCC1CCN(CC)C1.I. The van der Waals surface area contributed by atoms with Crippen molar-refractivity contribution in [2.45, 2.75) is 40.2 Å². The number of rotatable bonds is 11. The van der Waals surface area contributed by atoms with E-state index in [0.717, 1.165) is 43.3 Å². The molecule has 0 spiro atoms. The molecule has 0 radical (unpaired) electrons. The predicted molar refractivity (Wildman–Crippen MR) is 132 cm³/mol.